The van der Waals surface area contributed by atoms with Crippen molar-refractivity contribution in [2.75, 3.05) is 6.54 Å². The summed E-state index contributed by atoms with van der Waals surface area (Å²) in [5.41, 5.74) is -1.26. The van der Waals surface area contributed by atoms with Gasteiger partial charge in [-0.25, -0.2) is 13.2 Å². The molecule has 34 heavy (non-hydrogen) atoms. The SMILES string of the molecule is O=C(CNC(=O)c1cccc(C(F)(F)F)c1)NC1CCCCC1NCc1ccc(F)c(F)c1F. The van der Waals surface area contributed by atoms with Crippen molar-refractivity contribution in [3.8, 4) is 0 Å². The number of halogens is 6. The minimum atomic E-state index is -4.60. The molecular weight excluding hydrogens is 464 g/mol. The normalized spacial score (nSPS) is 18.4. The van der Waals surface area contributed by atoms with Crippen molar-refractivity contribution in [2.45, 2.75) is 50.5 Å². The molecule has 2 aromatic carbocycles. The van der Waals surface area contributed by atoms with Gasteiger partial charge in [0, 0.05) is 29.8 Å². The van der Waals surface area contributed by atoms with Crippen LogP contribution >= 0.6 is 0 Å². The molecule has 2 amide bonds. The first-order valence-electron chi connectivity index (χ1n) is 10.7. The molecule has 184 valence electrons. The highest BCUT2D eigenvalue weighted by Crippen LogP contribution is 2.29. The topological polar surface area (TPSA) is 70.2 Å². The number of hydrogen-bond acceptors (Lipinski definition) is 3. The van der Waals surface area contributed by atoms with Crippen molar-refractivity contribution in [1.82, 2.24) is 16.0 Å². The van der Waals surface area contributed by atoms with E-state index in [0.717, 1.165) is 37.1 Å². The van der Waals surface area contributed by atoms with Gasteiger partial charge in [-0.15, -0.1) is 0 Å². The summed E-state index contributed by atoms with van der Waals surface area (Å²) < 4.78 is 78.9. The molecule has 3 rings (SSSR count). The van der Waals surface area contributed by atoms with Crippen LogP contribution in [0.15, 0.2) is 36.4 Å². The van der Waals surface area contributed by atoms with E-state index in [4.69, 9.17) is 0 Å². The van der Waals surface area contributed by atoms with Crippen LogP contribution in [0.1, 0.15) is 47.2 Å². The molecule has 0 bridgehead atoms. The fraction of sp³-hybridized carbons (Fsp3) is 0.391. The van der Waals surface area contributed by atoms with Gasteiger partial charge in [0.1, 0.15) is 0 Å². The lowest BCUT2D eigenvalue weighted by Gasteiger charge is -2.33. The summed E-state index contributed by atoms with van der Waals surface area (Å²) in [5, 5.41) is 8.11. The van der Waals surface area contributed by atoms with Gasteiger partial charge in [-0.2, -0.15) is 13.2 Å². The number of amides is 2. The summed E-state index contributed by atoms with van der Waals surface area (Å²) in [5.74, 6) is -5.48. The maximum atomic E-state index is 13.9. The van der Waals surface area contributed by atoms with Crippen LogP contribution in [0.3, 0.4) is 0 Å². The first-order chi connectivity index (χ1) is 16.1. The average Bonchev–Trinajstić information content (AvgIpc) is 2.81. The first-order valence-corrected chi connectivity index (χ1v) is 10.7. The van der Waals surface area contributed by atoms with Gasteiger partial charge < -0.3 is 16.0 Å². The second kappa shape index (κ2) is 10.9. The Kier molecular flexibility index (Phi) is 8.19. The highest BCUT2D eigenvalue weighted by Gasteiger charge is 2.31. The number of benzene rings is 2. The summed E-state index contributed by atoms with van der Waals surface area (Å²) >= 11 is 0. The highest BCUT2D eigenvalue weighted by atomic mass is 19.4. The molecule has 11 heteroatoms. The summed E-state index contributed by atoms with van der Waals surface area (Å²) in [6.07, 6.45) is -1.69. The lowest BCUT2D eigenvalue weighted by Crippen LogP contribution is -2.53. The Morgan fingerprint density at radius 1 is 0.941 bits per heavy atom. The molecule has 0 spiro atoms. The number of carbonyl (C=O) groups excluding carboxylic acids is 2. The number of carbonyl (C=O) groups is 2. The van der Waals surface area contributed by atoms with Crippen molar-refractivity contribution >= 4 is 11.8 Å². The van der Waals surface area contributed by atoms with Crippen molar-refractivity contribution in [1.29, 1.82) is 0 Å². The van der Waals surface area contributed by atoms with Gasteiger partial charge in [-0.05, 0) is 37.1 Å². The number of nitrogens with one attached hydrogen (secondary N) is 3. The molecule has 0 radical (unpaired) electrons. The average molecular weight is 487 g/mol. The fourth-order valence-electron chi connectivity index (χ4n) is 3.85. The maximum absolute atomic E-state index is 13.9. The Bertz CT molecular complexity index is 1040. The van der Waals surface area contributed by atoms with Crippen LogP contribution in [-0.2, 0) is 17.5 Å². The third kappa shape index (κ3) is 6.49. The van der Waals surface area contributed by atoms with E-state index in [9.17, 15) is 35.9 Å². The van der Waals surface area contributed by atoms with E-state index >= 15 is 0 Å². The van der Waals surface area contributed by atoms with Crippen LogP contribution in [0, 0.1) is 17.5 Å². The summed E-state index contributed by atoms with van der Waals surface area (Å²) in [6.45, 7) is -0.525. The van der Waals surface area contributed by atoms with E-state index in [0.29, 0.717) is 18.9 Å². The highest BCUT2D eigenvalue weighted by molar-refractivity contribution is 5.96. The van der Waals surface area contributed by atoms with Crippen LogP contribution in [0.25, 0.3) is 0 Å². The van der Waals surface area contributed by atoms with Gasteiger partial charge >= 0.3 is 6.18 Å². The summed E-state index contributed by atoms with van der Waals surface area (Å²) in [7, 11) is 0. The Morgan fingerprint density at radius 2 is 1.65 bits per heavy atom. The third-order valence-corrected chi connectivity index (χ3v) is 5.64. The Balaban J connectivity index is 1.54. The monoisotopic (exact) mass is 487 g/mol. The second-order valence-corrected chi connectivity index (χ2v) is 8.04. The molecule has 1 aliphatic carbocycles. The quantitative estimate of drug-likeness (QED) is 0.408. The van der Waals surface area contributed by atoms with Crippen LogP contribution < -0.4 is 16.0 Å². The summed E-state index contributed by atoms with van der Waals surface area (Å²) in [4.78, 5) is 24.5. The molecule has 5 nitrogen and oxygen atoms in total. The molecule has 1 saturated carbocycles. The molecule has 3 N–H and O–H groups in total. The molecule has 1 aliphatic rings. The van der Waals surface area contributed by atoms with E-state index in [1.54, 1.807) is 0 Å². The summed E-state index contributed by atoms with van der Waals surface area (Å²) in [6, 6.07) is 5.19. The van der Waals surface area contributed by atoms with Crippen molar-refractivity contribution < 1.29 is 35.9 Å². The minimum Gasteiger partial charge on any atom is -0.350 e. The van der Waals surface area contributed by atoms with Gasteiger partial charge in [0.05, 0.1) is 12.1 Å². The predicted molar refractivity (Wildman–Crippen MR) is 111 cm³/mol. The van der Waals surface area contributed by atoms with Crippen LogP contribution in [0.2, 0.25) is 0 Å². The molecule has 1 fully saturated rings. The van der Waals surface area contributed by atoms with Gasteiger partial charge in [0.15, 0.2) is 17.5 Å². The van der Waals surface area contributed by atoms with Crippen molar-refractivity contribution in [2.24, 2.45) is 0 Å². The Labute approximate surface area is 191 Å². The fourth-order valence-corrected chi connectivity index (χ4v) is 3.85. The molecular formula is C23H23F6N3O2. The molecule has 2 aromatic rings. The standard InChI is InChI=1S/C23H23F6N3O2/c24-16-9-8-14(20(25)21(16)26)11-30-17-6-1-2-7-18(17)32-19(33)12-31-22(34)13-4-3-5-15(10-13)23(27,28)29/h3-5,8-10,17-18,30H,1-2,6-7,11-12H2,(H,31,34)(H,32,33). The van der Waals surface area contributed by atoms with Crippen molar-refractivity contribution in [3.63, 3.8) is 0 Å². The number of hydrogen-bond donors (Lipinski definition) is 3. The molecule has 2 atom stereocenters. The lowest BCUT2D eigenvalue weighted by atomic mass is 9.90. The van der Waals surface area contributed by atoms with Crippen LogP contribution in [0.4, 0.5) is 26.3 Å². The second-order valence-electron chi connectivity index (χ2n) is 8.04. The largest absolute Gasteiger partial charge is 0.416 e. The van der Waals surface area contributed by atoms with Gasteiger partial charge in [0.25, 0.3) is 5.91 Å². The van der Waals surface area contributed by atoms with E-state index in [1.807, 2.05) is 0 Å². The number of alkyl halides is 3. The lowest BCUT2D eigenvalue weighted by molar-refractivity contribution is -0.137. The Morgan fingerprint density at radius 3 is 2.35 bits per heavy atom. The van der Waals surface area contributed by atoms with Gasteiger partial charge in [-0.3, -0.25) is 9.59 Å². The van der Waals surface area contributed by atoms with E-state index in [2.05, 4.69) is 16.0 Å². The smallest absolute Gasteiger partial charge is 0.350 e. The van der Waals surface area contributed by atoms with Crippen LogP contribution in [0.5, 0.6) is 0 Å². The molecule has 0 aromatic heterocycles. The molecule has 2 unspecified atom stereocenters. The minimum absolute atomic E-state index is 0.0529. The van der Waals surface area contributed by atoms with Crippen molar-refractivity contribution in [3.05, 3.63) is 70.5 Å². The van der Waals surface area contributed by atoms with Crippen LogP contribution in [-0.4, -0.2) is 30.4 Å². The van der Waals surface area contributed by atoms with Gasteiger partial charge in [-0.1, -0.05) is 25.0 Å². The third-order valence-electron chi connectivity index (χ3n) is 5.64. The predicted octanol–water partition coefficient (Wildman–Crippen LogP) is 4.07. The molecule has 0 heterocycles. The van der Waals surface area contributed by atoms with E-state index in [1.165, 1.54) is 6.07 Å². The zero-order chi connectivity index (χ0) is 24.9. The molecule has 0 aliphatic heterocycles. The zero-order valence-electron chi connectivity index (χ0n) is 17.9. The molecule has 0 saturated heterocycles. The van der Waals surface area contributed by atoms with E-state index < -0.39 is 47.6 Å². The van der Waals surface area contributed by atoms with E-state index in [-0.39, 0.29) is 29.8 Å². The first kappa shape index (κ1) is 25.5. The maximum Gasteiger partial charge on any atom is 0.416 e. The van der Waals surface area contributed by atoms with Gasteiger partial charge in [0.2, 0.25) is 5.91 Å². The Hall–Kier alpha value is -3.08. The zero-order valence-corrected chi connectivity index (χ0v) is 17.9. The number of rotatable bonds is 7.